The predicted octanol–water partition coefficient (Wildman–Crippen LogP) is 4.32. The number of rotatable bonds is 8. The van der Waals surface area contributed by atoms with E-state index < -0.39 is 0 Å². The third-order valence-corrected chi connectivity index (χ3v) is 4.27. The third kappa shape index (κ3) is 6.37. The van der Waals surface area contributed by atoms with Crippen LogP contribution in [0.5, 0.6) is 5.75 Å². The number of carbonyl (C=O) groups excluding carboxylic acids is 2. The van der Waals surface area contributed by atoms with Crippen molar-refractivity contribution in [2.45, 2.75) is 13.8 Å². The van der Waals surface area contributed by atoms with Crippen LogP contribution in [-0.2, 0) is 9.53 Å². The van der Waals surface area contributed by atoms with Crippen LogP contribution in [0.3, 0.4) is 0 Å². The number of benzene rings is 2. The molecule has 0 aromatic heterocycles. The van der Waals surface area contributed by atoms with Crippen molar-refractivity contribution in [3.8, 4) is 5.75 Å². The monoisotopic (exact) mass is 434 g/mol. The van der Waals surface area contributed by atoms with E-state index >= 15 is 0 Å². The quantitative estimate of drug-likeness (QED) is 0.606. The van der Waals surface area contributed by atoms with Crippen LogP contribution >= 0.6 is 15.9 Å². The molecular formula is C20H23BrN2O4. The summed E-state index contributed by atoms with van der Waals surface area (Å²) in [6, 6.07) is 12.1. The second-order valence-electron chi connectivity index (χ2n) is 6.17. The normalized spacial score (nSPS) is 10.6. The number of amides is 2. The van der Waals surface area contributed by atoms with E-state index in [4.69, 9.17) is 9.47 Å². The fraction of sp³-hybridized carbons (Fsp3) is 0.300. The summed E-state index contributed by atoms with van der Waals surface area (Å²) in [5, 5.41) is 5.64. The molecule has 0 saturated carbocycles. The lowest BCUT2D eigenvalue weighted by Crippen LogP contribution is -2.18. The van der Waals surface area contributed by atoms with Gasteiger partial charge in [0.05, 0.1) is 11.1 Å². The van der Waals surface area contributed by atoms with Crippen LogP contribution in [-0.4, -0.2) is 32.1 Å². The number of hydrogen-bond donors (Lipinski definition) is 2. The van der Waals surface area contributed by atoms with Crippen molar-refractivity contribution in [3.05, 3.63) is 52.5 Å². The van der Waals surface area contributed by atoms with Crippen molar-refractivity contribution in [3.63, 3.8) is 0 Å². The fourth-order valence-corrected chi connectivity index (χ4v) is 2.65. The van der Waals surface area contributed by atoms with Gasteiger partial charge in [-0.15, -0.1) is 0 Å². The highest BCUT2D eigenvalue weighted by molar-refractivity contribution is 9.10. The molecule has 0 bridgehead atoms. The van der Waals surface area contributed by atoms with Crippen molar-refractivity contribution >= 4 is 39.1 Å². The Hall–Kier alpha value is -2.38. The molecule has 6 nitrogen and oxygen atoms in total. The van der Waals surface area contributed by atoms with E-state index in [9.17, 15) is 9.59 Å². The van der Waals surface area contributed by atoms with Gasteiger partial charge in [-0.25, -0.2) is 0 Å². The summed E-state index contributed by atoms with van der Waals surface area (Å²) in [6.45, 7) is 4.55. The molecule has 7 heteroatoms. The number of nitrogens with one attached hydrogen (secondary N) is 2. The molecule has 0 unspecified atom stereocenters. The summed E-state index contributed by atoms with van der Waals surface area (Å²) in [4.78, 5) is 24.3. The Balaban J connectivity index is 2.04. The number of ether oxygens (including phenoxy) is 2. The highest BCUT2D eigenvalue weighted by atomic mass is 79.9. The van der Waals surface area contributed by atoms with Crippen molar-refractivity contribution in [2.75, 3.05) is 31.0 Å². The van der Waals surface area contributed by atoms with Gasteiger partial charge in [0.15, 0.2) is 0 Å². The van der Waals surface area contributed by atoms with Gasteiger partial charge in [-0.3, -0.25) is 9.59 Å². The Bertz CT molecular complexity index is 808. The molecular weight excluding hydrogens is 412 g/mol. The van der Waals surface area contributed by atoms with Crippen molar-refractivity contribution < 1.29 is 19.1 Å². The van der Waals surface area contributed by atoms with Crippen LogP contribution in [0.25, 0.3) is 0 Å². The average molecular weight is 435 g/mol. The Morgan fingerprint density at radius 2 is 1.74 bits per heavy atom. The molecule has 2 aromatic carbocycles. The Morgan fingerprint density at radius 1 is 1.04 bits per heavy atom. The lowest BCUT2D eigenvalue weighted by molar-refractivity contribution is -0.118. The van der Waals surface area contributed by atoms with Crippen LogP contribution in [0.1, 0.15) is 24.2 Å². The number of methoxy groups -OCH3 is 1. The molecule has 2 amide bonds. The highest BCUT2D eigenvalue weighted by Crippen LogP contribution is 2.26. The van der Waals surface area contributed by atoms with Gasteiger partial charge < -0.3 is 20.1 Å². The van der Waals surface area contributed by atoms with E-state index in [2.05, 4.69) is 26.6 Å². The third-order valence-electron chi connectivity index (χ3n) is 3.65. The molecule has 0 fully saturated rings. The average Bonchev–Trinajstić information content (AvgIpc) is 2.63. The SMILES string of the molecule is COCCOc1ccc(C(=O)Nc2cccc(NC(=O)C(C)C)c2)cc1Br. The molecule has 2 rings (SSSR count). The van der Waals surface area contributed by atoms with Gasteiger partial charge in [0.2, 0.25) is 5.91 Å². The molecule has 2 N–H and O–H groups in total. The molecule has 0 spiro atoms. The molecule has 0 heterocycles. The molecule has 144 valence electrons. The summed E-state index contributed by atoms with van der Waals surface area (Å²) in [5.74, 6) is 0.185. The lowest BCUT2D eigenvalue weighted by atomic mass is 10.2. The van der Waals surface area contributed by atoms with Crippen LogP contribution in [0.2, 0.25) is 0 Å². The number of carbonyl (C=O) groups is 2. The van der Waals surface area contributed by atoms with E-state index in [1.54, 1.807) is 49.6 Å². The maximum Gasteiger partial charge on any atom is 0.255 e. The van der Waals surface area contributed by atoms with Gasteiger partial charge in [0, 0.05) is 30.0 Å². The van der Waals surface area contributed by atoms with Crippen LogP contribution < -0.4 is 15.4 Å². The minimum atomic E-state index is -0.258. The van der Waals surface area contributed by atoms with E-state index in [0.29, 0.717) is 40.4 Å². The first-order valence-corrected chi connectivity index (χ1v) is 9.33. The largest absolute Gasteiger partial charge is 0.490 e. The minimum absolute atomic E-state index is 0.0773. The smallest absolute Gasteiger partial charge is 0.255 e. The van der Waals surface area contributed by atoms with E-state index in [-0.39, 0.29) is 17.7 Å². The Kier molecular flexibility index (Phi) is 7.82. The van der Waals surface area contributed by atoms with Gasteiger partial charge in [0.1, 0.15) is 12.4 Å². The molecule has 0 saturated heterocycles. The zero-order valence-corrected chi connectivity index (χ0v) is 17.1. The first-order chi connectivity index (χ1) is 12.9. The topological polar surface area (TPSA) is 76.7 Å². The number of hydrogen-bond acceptors (Lipinski definition) is 4. The van der Waals surface area contributed by atoms with E-state index in [1.165, 1.54) is 0 Å². The first kappa shape index (κ1) is 20.9. The van der Waals surface area contributed by atoms with Gasteiger partial charge in [-0.2, -0.15) is 0 Å². The number of anilines is 2. The molecule has 2 aromatic rings. The van der Waals surface area contributed by atoms with Crippen molar-refractivity contribution in [1.29, 1.82) is 0 Å². The highest BCUT2D eigenvalue weighted by Gasteiger charge is 2.11. The van der Waals surface area contributed by atoms with Crippen LogP contribution in [0, 0.1) is 5.92 Å². The maximum absolute atomic E-state index is 12.5. The Labute approximate surface area is 167 Å². The summed E-state index contributed by atoms with van der Waals surface area (Å²) in [7, 11) is 1.61. The van der Waals surface area contributed by atoms with Gasteiger partial charge in [-0.1, -0.05) is 19.9 Å². The van der Waals surface area contributed by atoms with Gasteiger partial charge in [-0.05, 0) is 52.3 Å². The van der Waals surface area contributed by atoms with Crippen LogP contribution in [0.4, 0.5) is 11.4 Å². The molecule has 27 heavy (non-hydrogen) atoms. The lowest BCUT2D eigenvalue weighted by Gasteiger charge is -2.11. The summed E-state index contributed by atoms with van der Waals surface area (Å²) < 4.78 is 11.2. The minimum Gasteiger partial charge on any atom is -0.490 e. The molecule has 0 radical (unpaired) electrons. The maximum atomic E-state index is 12.5. The fourth-order valence-electron chi connectivity index (χ4n) is 2.16. The number of halogens is 1. The zero-order valence-electron chi connectivity index (χ0n) is 15.5. The van der Waals surface area contributed by atoms with Gasteiger partial charge in [0.25, 0.3) is 5.91 Å². The molecule has 0 aliphatic rings. The molecule has 0 aliphatic heterocycles. The summed E-state index contributed by atoms with van der Waals surface area (Å²) in [6.07, 6.45) is 0. The standard InChI is InChI=1S/C20H23BrN2O4/c1-13(2)19(24)22-15-5-4-6-16(12-15)23-20(25)14-7-8-18(17(21)11-14)27-10-9-26-3/h4-8,11-13H,9-10H2,1-3H3,(H,22,24)(H,23,25). The zero-order chi connectivity index (χ0) is 19.8. The predicted molar refractivity (Wildman–Crippen MR) is 109 cm³/mol. The molecule has 0 aliphatic carbocycles. The van der Waals surface area contributed by atoms with Crippen molar-refractivity contribution in [2.24, 2.45) is 5.92 Å². The summed E-state index contributed by atoms with van der Waals surface area (Å²) in [5.41, 5.74) is 1.71. The second-order valence-corrected chi connectivity index (χ2v) is 7.02. The first-order valence-electron chi connectivity index (χ1n) is 8.54. The molecule has 0 atom stereocenters. The van der Waals surface area contributed by atoms with Crippen LogP contribution in [0.15, 0.2) is 46.9 Å². The Morgan fingerprint density at radius 3 is 2.37 bits per heavy atom. The van der Waals surface area contributed by atoms with E-state index in [1.807, 2.05) is 13.8 Å². The van der Waals surface area contributed by atoms with E-state index in [0.717, 1.165) is 0 Å². The van der Waals surface area contributed by atoms with Gasteiger partial charge >= 0.3 is 0 Å². The van der Waals surface area contributed by atoms with Crippen molar-refractivity contribution in [1.82, 2.24) is 0 Å². The summed E-state index contributed by atoms with van der Waals surface area (Å²) >= 11 is 3.41. The second kappa shape index (κ2) is 10.1.